The number of benzene rings is 2. The van der Waals surface area contributed by atoms with Crippen molar-refractivity contribution in [3.8, 4) is 0 Å². The van der Waals surface area contributed by atoms with Crippen molar-refractivity contribution < 1.29 is 4.39 Å². The van der Waals surface area contributed by atoms with Gasteiger partial charge in [-0.15, -0.1) is 0 Å². The highest BCUT2D eigenvalue weighted by atomic mass is 19.1. The van der Waals surface area contributed by atoms with Gasteiger partial charge >= 0.3 is 0 Å². The summed E-state index contributed by atoms with van der Waals surface area (Å²) in [5, 5.41) is 4.74. The molecule has 4 aromatic rings. The number of rotatable bonds is 8. The second-order valence-electron chi connectivity index (χ2n) is 6.72. The third kappa shape index (κ3) is 4.09. The molecule has 27 heavy (non-hydrogen) atoms. The Hall–Kier alpha value is -2.92. The third-order valence-electron chi connectivity index (χ3n) is 4.81. The second-order valence-corrected chi connectivity index (χ2v) is 6.72. The van der Waals surface area contributed by atoms with Crippen LogP contribution < -0.4 is 5.32 Å². The van der Waals surface area contributed by atoms with Crippen LogP contribution >= 0.6 is 0 Å². The van der Waals surface area contributed by atoms with E-state index in [4.69, 9.17) is 0 Å². The third-order valence-corrected chi connectivity index (χ3v) is 4.81. The highest BCUT2D eigenvalue weighted by Crippen LogP contribution is 2.23. The van der Waals surface area contributed by atoms with E-state index in [-0.39, 0.29) is 5.82 Å². The van der Waals surface area contributed by atoms with Crippen LogP contribution in [0.2, 0.25) is 0 Å². The average Bonchev–Trinajstić information content (AvgIpc) is 3.32. The fraction of sp³-hybridized carbons (Fsp3) is 0.227. The lowest BCUT2D eigenvalue weighted by Crippen LogP contribution is -2.16. The van der Waals surface area contributed by atoms with Crippen LogP contribution in [0.25, 0.3) is 10.9 Å². The number of aromatic nitrogens is 3. The molecule has 0 amide bonds. The number of para-hydroxylation sites is 1. The molecule has 0 aliphatic rings. The maximum absolute atomic E-state index is 14.1. The predicted molar refractivity (Wildman–Crippen MR) is 106 cm³/mol. The molecule has 2 aromatic heterocycles. The number of nitrogens with one attached hydrogen (secondary N) is 1. The van der Waals surface area contributed by atoms with Crippen molar-refractivity contribution in [3.05, 3.63) is 90.4 Å². The molecule has 0 fully saturated rings. The fourth-order valence-corrected chi connectivity index (χ4v) is 3.43. The van der Waals surface area contributed by atoms with Gasteiger partial charge in [-0.25, -0.2) is 9.37 Å². The minimum Gasteiger partial charge on any atom is -0.343 e. The van der Waals surface area contributed by atoms with Crippen LogP contribution in [-0.4, -0.2) is 20.7 Å². The number of hydrogen-bond donors (Lipinski definition) is 1. The number of imidazole rings is 1. The maximum atomic E-state index is 14.1. The topological polar surface area (TPSA) is 34.8 Å². The van der Waals surface area contributed by atoms with Crippen LogP contribution in [0, 0.1) is 5.82 Å². The van der Waals surface area contributed by atoms with Crippen LogP contribution in [0.5, 0.6) is 0 Å². The lowest BCUT2D eigenvalue weighted by Gasteiger charge is -2.06. The smallest absolute Gasteiger partial charge is 0.128 e. The maximum Gasteiger partial charge on any atom is 0.128 e. The Bertz CT molecular complexity index is 1000. The summed E-state index contributed by atoms with van der Waals surface area (Å²) in [6, 6.07) is 15.3. The van der Waals surface area contributed by atoms with Crippen molar-refractivity contribution in [1.82, 2.24) is 19.4 Å². The molecule has 0 spiro atoms. The average molecular weight is 362 g/mol. The molecule has 2 heterocycles. The zero-order chi connectivity index (χ0) is 18.5. The summed E-state index contributed by atoms with van der Waals surface area (Å²) in [6.07, 6.45) is 8.81. The summed E-state index contributed by atoms with van der Waals surface area (Å²) >= 11 is 0. The Balaban J connectivity index is 1.44. The zero-order valence-electron chi connectivity index (χ0n) is 15.2. The molecular weight excluding hydrogens is 339 g/mol. The van der Waals surface area contributed by atoms with E-state index < -0.39 is 0 Å². The molecular formula is C22H23FN4. The van der Waals surface area contributed by atoms with Gasteiger partial charge in [0.25, 0.3) is 0 Å². The van der Waals surface area contributed by atoms with Gasteiger partial charge in [0.05, 0.1) is 12.9 Å². The quantitative estimate of drug-likeness (QED) is 0.477. The van der Waals surface area contributed by atoms with E-state index >= 15 is 0 Å². The van der Waals surface area contributed by atoms with Crippen molar-refractivity contribution >= 4 is 10.9 Å². The standard InChI is InChI=1S/C22H23FN4/c23-21-8-3-1-6-18(21)15-27-16-19(20-7-2-4-9-22(20)27)14-24-10-5-12-26-13-11-25-17-26/h1-4,6-9,11,13,16-17,24H,5,10,12,14-15H2. The van der Waals surface area contributed by atoms with Crippen LogP contribution in [0.4, 0.5) is 4.39 Å². The second kappa shape index (κ2) is 8.18. The van der Waals surface area contributed by atoms with E-state index in [9.17, 15) is 4.39 Å². The number of hydrogen-bond acceptors (Lipinski definition) is 2. The minimum absolute atomic E-state index is 0.158. The molecule has 0 bridgehead atoms. The molecule has 0 saturated carbocycles. The predicted octanol–water partition coefficient (Wildman–Crippen LogP) is 4.21. The Morgan fingerprint density at radius 2 is 1.85 bits per heavy atom. The van der Waals surface area contributed by atoms with Crippen LogP contribution in [0.3, 0.4) is 0 Å². The Kier molecular flexibility index (Phi) is 5.30. The summed E-state index contributed by atoms with van der Waals surface area (Å²) in [5.41, 5.74) is 3.08. The summed E-state index contributed by atoms with van der Waals surface area (Å²) in [7, 11) is 0. The Morgan fingerprint density at radius 3 is 2.70 bits per heavy atom. The molecule has 0 atom stereocenters. The molecule has 0 saturated heterocycles. The number of halogens is 1. The first-order chi connectivity index (χ1) is 13.3. The van der Waals surface area contributed by atoms with Gasteiger partial charge in [-0.1, -0.05) is 36.4 Å². The summed E-state index contributed by atoms with van der Waals surface area (Å²) in [6.45, 7) is 3.23. The summed E-state index contributed by atoms with van der Waals surface area (Å²) in [5.74, 6) is -0.158. The molecule has 4 nitrogen and oxygen atoms in total. The normalized spacial score (nSPS) is 11.3. The van der Waals surface area contributed by atoms with Crippen LogP contribution in [0.1, 0.15) is 17.5 Å². The van der Waals surface area contributed by atoms with E-state index in [2.05, 4.69) is 43.8 Å². The largest absolute Gasteiger partial charge is 0.343 e. The highest BCUT2D eigenvalue weighted by Gasteiger charge is 2.10. The number of fused-ring (bicyclic) bond motifs is 1. The van der Waals surface area contributed by atoms with E-state index in [1.807, 2.05) is 30.7 Å². The lowest BCUT2D eigenvalue weighted by molar-refractivity contribution is 0.580. The van der Waals surface area contributed by atoms with Gasteiger partial charge in [0, 0.05) is 48.1 Å². The zero-order valence-corrected chi connectivity index (χ0v) is 15.2. The molecule has 5 heteroatoms. The van der Waals surface area contributed by atoms with Crippen molar-refractivity contribution in [2.24, 2.45) is 0 Å². The Morgan fingerprint density at radius 1 is 1.00 bits per heavy atom. The molecule has 138 valence electrons. The van der Waals surface area contributed by atoms with Crippen LogP contribution in [0.15, 0.2) is 73.4 Å². The van der Waals surface area contributed by atoms with Crippen LogP contribution in [-0.2, 0) is 19.6 Å². The molecule has 0 unspecified atom stereocenters. The Labute approximate surface area is 158 Å². The van der Waals surface area contributed by atoms with Crippen molar-refractivity contribution in [2.45, 2.75) is 26.1 Å². The van der Waals surface area contributed by atoms with Gasteiger partial charge < -0.3 is 14.5 Å². The minimum atomic E-state index is -0.158. The number of nitrogens with zero attached hydrogens (tertiary/aromatic N) is 3. The van der Waals surface area contributed by atoms with Crippen molar-refractivity contribution in [2.75, 3.05) is 6.54 Å². The van der Waals surface area contributed by atoms with Crippen molar-refractivity contribution in [1.29, 1.82) is 0 Å². The van der Waals surface area contributed by atoms with Gasteiger partial charge in [0.15, 0.2) is 0 Å². The van der Waals surface area contributed by atoms with Crippen molar-refractivity contribution in [3.63, 3.8) is 0 Å². The molecule has 0 aliphatic heterocycles. The highest BCUT2D eigenvalue weighted by molar-refractivity contribution is 5.84. The van der Waals surface area contributed by atoms with E-state index in [0.29, 0.717) is 12.1 Å². The van der Waals surface area contributed by atoms with E-state index in [1.54, 1.807) is 12.3 Å². The summed E-state index contributed by atoms with van der Waals surface area (Å²) in [4.78, 5) is 4.06. The first-order valence-corrected chi connectivity index (χ1v) is 9.28. The first kappa shape index (κ1) is 17.5. The molecule has 0 radical (unpaired) electrons. The van der Waals surface area contributed by atoms with E-state index in [1.165, 1.54) is 17.0 Å². The molecule has 1 N–H and O–H groups in total. The summed E-state index contributed by atoms with van der Waals surface area (Å²) < 4.78 is 18.3. The van der Waals surface area contributed by atoms with Gasteiger partial charge in [-0.2, -0.15) is 0 Å². The molecule has 2 aromatic carbocycles. The van der Waals surface area contributed by atoms with Gasteiger partial charge in [0.1, 0.15) is 5.82 Å². The lowest BCUT2D eigenvalue weighted by atomic mass is 10.2. The van der Waals surface area contributed by atoms with Gasteiger partial charge in [0.2, 0.25) is 0 Å². The number of aryl methyl sites for hydroxylation is 1. The van der Waals surface area contributed by atoms with Gasteiger partial charge in [-0.05, 0) is 30.7 Å². The van der Waals surface area contributed by atoms with E-state index in [0.717, 1.165) is 31.6 Å². The SMILES string of the molecule is Fc1ccccc1Cn1cc(CNCCCn2ccnc2)c2ccccc21. The molecule has 4 rings (SSSR count). The van der Waals surface area contributed by atoms with Gasteiger partial charge in [-0.3, -0.25) is 0 Å². The monoisotopic (exact) mass is 362 g/mol. The fourth-order valence-electron chi connectivity index (χ4n) is 3.43. The molecule has 0 aliphatic carbocycles. The first-order valence-electron chi connectivity index (χ1n) is 9.28.